The van der Waals surface area contributed by atoms with Crippen LogP contribution in [0.1, 0.15) is 37.0 Å². The van der Waals surface area contributed by atoms with Crippen LogP contribution in [0.15, 0.2) is 36.4 Å². The van der Waals surface area contributed by atoms with Gasteiger partial charge in [0, 0.05) is 23.7 Å². The summed E-state index contributed by atoms with van der Waals surface area (Å²) in [4.78, 5) is 0. The van der Waals surface area contributed by atoms with Gasteiger partial charge in [0.05, 0.1) is 13.2 Å². The molecule has 0 saturated carbocycles. The molecule has 2 aromatic carbocycles. The van der Waals surface area contributed by atoms with E-state index in [0.717, 1.165) is 17.5 Å². The molecule has 0 saturated heterocycles. The van der Waals surface area contributed by atoms with E-state index in [1.54, 1.807) is 6.07 Å². The van der Waals surface area contributed by atoms with Crippen molar-refractivity contribution in [2.24, 2.45) is 0 Å². The van der Waals surface area contributed by atoms with E-state index >= 15 is 0 Å². The first kappa shape index (κ1) is 20.6. The van der Waals surface area contributed by atoms with Crippen LogP contribution in [0.25, 0.3) is 0 Å². The van der Waals surface area contributed by atoms with Crippen LogP contribution in [0.3, 0.4) is 0 Å². The van der Waals surface area contributed by atoms with Crippen molar-refractivity contribution in [2.45, 2.75) is 46.4 Å². The van der Waals surface area contributed by atoms with E-state index in [2.05, 4.69) is 36.5 Å². The molecule has 2 N–H and O–H groups in total. The fourth-order valence-electron chi connectivity index (χ4n) is 2.53. The second kappa shape index (κ2) is 10.4. The van der Waals surface area contributed by atoms with Crippen molar-refractivity contribution in [3.8, 4) is 11.5 Å². The third-order valence-electron chi connectivity index (χ3n) is 4.22. The number of ether oxygens (including phenoxy) is 2. The molecule has 1 atom stereocenters. The summed E-state index contributed by atoms with van der Waals surface area (Å²) in [5.74, 6) is 1.31. The Kier molecular flexibility index (Phi) is 8.23. The van der Waals surface area contributed by atoms with Crippen molar-refractivity contribution in [3.63, 3.8) is 0 Å². The van der Waals surface area contributed by atoms with Gasteiger partial charge >= 0.3 is 0 Å². The summed E-state index contributed by atoms with van der Waals surface area (Å²) < 4.78 is 11.7. The molecule has 26 heavy (non-hydrogen) atoms. The number of aliphatic hydroxyl groups is 1. The Morgan fingerprint density at radius 1 is 1.08 bits per heavy atom. The Hall–Kier alpha value is -1.75. The summed E-state index contributed by atoms with van der Waals surface area (Å²) in [7, 11) is 0. The van der Waals surface area contributed by atoms with E-state index in [1.165, 1.54) is 5.56 Å². The predicted molar refractivity (Wildman–Crippen MR) is 106 cm³/mol. The minimum atomic E-state index is 0.0547. The number of hydrogen-bond acceptors (Lipinski definition) is 4. The van der Waals surface area contributed by atoms with Gasteiger partial charge in [-0.15, -0.1) is 0 Å². The lowest BCUT2D eigenvalue weighted by atomic mass is 10.1. The zero-order valence-corrected chi connectivity index (χ0v) is 16.5. The Bertz CT molecular complexity index is 684. The van der Waals surface area contributed by atoms with Crippen molar-refractivity contribution in [2.75, 3.05) is 13.2 Å². The van der Waals surface area contributed by atoms with Crippen LogP contribution >= 0.6 is 11.6 Å². The number of nitrogens with one attached hydrogen (secondary N) is 1. The molecule has 0 aliphatic heterocycles. The highest BCUT2D eigenvalue weighted by molar-refractivity contribution is 6.31. The van der Waals surface area contributed by atoms with Crippen LogP contribution in [0.2, 0.25) is 5.02 Å². The second-order valence-electron chi connectivity index (χ2n) is 6.27. The molecular weight excluding hydrogens is 350 g/mol. The van der Waals surface area contributed by atoms with Gasteiger partial charge in [0.15, 0.2) is 11.5 Å². The quantitative estimate of drug-likeness (QED) is 0.640. The van der Waals surface area contributed by atoms with Crippen LogP contribution in [0.4, 0.5) is 0 Å². The summed E-state index contributed by atoms with van der Waals surface area (Å²) in [6, 6.07) is 12.0. The topological polar surface area (TPSA) is 50.7 Å². The highest BCUT2D eigenvalue weighted by Gasteiger charge is 2.13. The van der Waals surface area contributed by atoms with Crippen molar-refractivity contribution in [3.05, 3.63) is 58.1 Å². The van der Waals surface area contributed by atoms with Crippen LogP contribution in [0.5, 0.6) is 11.5 Å². The summed E-state index contributed by atoms with van der Waals surface area (Å²) >= 11 is 6.44. The largest absolute Gasteiger partial charge is 0.490 e. The van der Waals surface area contributed by atoms with Crippen LogP contribution in [-0.4, -0.2) is 24.4 Å². The average Bonchev–Trinajstić information content (AvgIpc) is 2.65. The lowest BCUT2D eigenvalue weighted by Gasteiger charge is -2.17. The van der Waals surface area contributed by atoms with Gasteiger partial charge in [-0.05, 0) is 37.5 Å². The molecule has 0 aliphatic rings. The lowest BCUT2D eigenvalue weighted by molar-refractivity contribution is 0.238. The number of rotatable bonds is 10. The maximum atomic E-state index is 9.31. The maximum Gasteiger partial charge on any atom is 0.163 e. The van der Waals surface area contributed by atoms with Crippen molar-refractivity contribution in [1.82, 2.24) is 5.32 Å². The number of benzene rings is 2. The molecule has 142 valence electrons. The van der Waals surface area contributed by atoms with Gasteiger partial charge in [0.25, 0.3) is 0 Å². The first-order valence-electron chi connectivity index (χ1n) is 9.05. The number of halogens is 1. The van der Waals surface area contributed by atoms with Crippen LogP contribution in [-0.2, 0) is 13.2 Å². The maximum absolute atomic E-state index is 9.31. The average molecular weight is 378 g/mol. The first-order valence-corrected chi connectivity index (χ1v) is 9.42. The molecule has 0 spiro atoms. The van der Waals surface area contributed by atoms with E-state index < -0.39 is 0 Å². The van der Waals surface area contributed by atoms with E-state index in [4.69, 9.17) is 21.1 Å². The van der Waals surface area contributed by atoms with Crippen LogP contribution in [0, 0.1) is 6.92 Å². The third kappa shape index (κ3) is 5.90. The predicted octanol–water partition coefficient (Wildman–Crippen LogP) is 4.49. The SMILES string of the molecule is CCOc1cc(CNC(CC)CO)c(Cl)cc1OCc1ccc(C)cc1. The lowest BCUT2D eigenvalue weighted by Crippen LogP contribution is -2.31. The minimum absolute atomic E-state index is 0.0547. The Labute approximate surface area is 161 Å². The van der Waals surface area contributed by atoms with E-state index in [0.29, 0.717) is 36.3 Å². The first-order chi connectivity index (χ1) is 12.6. The highest BCUT2D eigenvalue weighted by atomic mass is 35.5. The smallest absolute Gasteiger partial charge is 0.163 e. The molecule has 0 radical (unpaired) electrons. The fraction of sp³-hybridized carbons (Fsp3) is 0.429. The van der Waals surface area contributed by atoms with Gasteiger partial charge in [-0.3, -0.25) is 0 Å². The zero-order valence-electron chi connectivity index (χ0n) is 15.7. The summed E-state index contributed by atoms with van der Waals surface area (Å²) in [5, 5.41) is 13.2. The summed E-state index contributed by atoms with van der Waals surface area (Å²) in [5.41, 5.74) is 3.23. The molecular formula is C21H28ClNO3. The molecule has 0 amide bonds. The summed E-state index contributed by atoms with van der Waals surface area (Å²) in [6.45, 7) is 7.70. The molecule has 1 unspecified atom stereocenters. The molecule has 0 heterocycles. The molecule has 2 aromatic rings. The zero-order chi connectivity index (χ0) is 18.9. The fourth-order valence-corrected chi connectivity index (χ4v) is 2.75. The molecule has 4 nitrogen and oxygen atoms in total. The number of aryl methyl sites for hydroxylation is 1. The Morgan fingerprint density at radius 3 is 2.38 bits per heavy atom. The van der Waals surface area contributed by atoms with Crippen LogP contribution < -0.4 is 14.8 Å². The summed E-state index contributed by atoms with van der Waals surface area (Å²) in [6.07, 6.45) is 0.851. The van der Waals surface area contributed by atoms with E-state index in [9.17, 15) is 5.11 Å². The standard InChI is InChI=1S/C21H28ClNO3/c1-4-18(13-24)23-12-17-10-20(25-5-2)21(11-19(17)22)26-14-16-8-6-15(3)7-9-16/h6-11,18,23-24H,4-5,12-14H2,1-3H3. The molecule has 0 fully saturated rings. The molecule has 0 bridgehead atoms. The molecule has 0 aromatic heterocycles. The Balaban J connectivity index is 2.12. The van der Waals surface area contributed by atoms with E-state index in [1.807, 2.05) is 19.9 Å². The van der Waals surface area contributed by atoms with E-state index in [-0.39, 0.29) is 12.6 Å². The monoisotopic (exact) mass is 377 g/mol. The van der Waals surface area contributed by atoms with Gasteiger partial charge in [0.2, 0.25) is 0 Å². The van der Waals surface area contributed by atoms with Gasteiger partial charge in [0.1, 0.15) is 6.61 Å². The van der Waals surface area contributed by atoms with Crippen molar-refractivity contribution < 1.29 is 14.6 Å². The third-order valence-corrected chi connectivity index (χ3v) is 4.57. The minimum Gasteiger partial charge on any atom is -0.490 e. The van der Waals surface area contributed by atoms with Gasteiger partial charge in [-0.2, -0.15) is 0 Å². The van der Waals surface area contributed by atoms with Gasteiger partial charge in [-0.1, -0.05) is 48.4 Å². The number of aliphatic hydroxyl groups excluding tert-OH is 1. The highest BCUT2D eigenvalue weighted by Crippen LogP contribution is 2.34. The molecule has 0 aliphatic carbocycles. The molecule has 5 heteroatoms. The normalized spacial score (nSPS) is 12.0. The Morgan fingerprint density at radius 2 is 1.77 bits per heavy atom. The van der Waals surface area contributed by atoms with Gasteiger partial charge < -0.3 is 19.9 Å². The van der Waals surface area contributed by atoms with Crippen molar-refractivity contribution in [1.29, 1.82) is 0 Å². The van der Waals surface area contributed by atoms with Crippen molar-refractivity contribution >= 4 is 11.6 Å². The number of hydrogen-bond donors (Lipinski definition) is 2. The van der Waals surface area contributed by atoms with Gasteiger partial charge in [-0.25, -0.2) is 0 Å². The second-order valence-corrected chi connectivity index (χ2v) is 6.67. The molecule has 2 rings (SSSR count).